The third-order valence-electron chi connectivity index (χ3n) is 5.11. The molecule has 2 N–H and O–H groups in total. The number of benzene rings is 1. The number of rotatable bonds is 5. The molecule has 1 aliphatic heterocycles. The number of carbonyl (C=O) groups excluding carboxylic acids is 1. The predicted molar refractivity (Wildman–Crippen MR) is 121 cm³/mol. The number of likely N-dealkylation sites (tertiary alicyclic amines) is 1. The van der Waals surface area contributed by atoms with Crippen molar-refractivity contribution in [3.63, 3.8) is 0 Å². The summed E-state index contributed by atoms with van der Waals surface area (Å²) in [6, 6.07) is 5.85. The van der Waals surface area contributed by atoms with Gasteiger partial charge in [0.25, 0.3) is 5.56 Å². The van der Waals surface area contributed by atoms with Crippen LogP contribution in [-0.4, -0.2) is 65.8 Å². The maximum Gasteiger partial charge on any atom is 0.410 e. The van der Waals surface area contributed by atoms with E-state index in [9.17, 15) is 23.1 Å². The Bertz CT molecular complexity index is 1160. The van der Waals surface area contributed by atoms with Crippen LogP contribution >= 0.6 is 0 Å². The van der Waals surface area contributed by atoms with E-state index < -0.39 is 27.6 Å². The van der Waals surface area contributed by atoms with Gasteiger partial charge in [0, 0.05) is 32.2 Å². The Morgan fingerprint density at radius 2 is 1.82 bits per heavy atom. The smallest absolute Gasteiger partial charge is 0.410 e. The lowest BCUT2D eigenvalue weighted by molar-refractivity contribution is 0.0125. The van der Waals surface area contributed by atoms with Crippen LogP contribution in [-0.2, 0) is 21.2 Å². The monoisotopic (exact) mass is 479 g/mol. The number of hydrogen-bond donors (Lipinski definition) is 2. The van der Waals surface area contributed by atoms with E-state index >= 15 is 0 Å². The number of sulfone groups is 1. The zero-order valence-electron chi connectivity index (χ0n) is 19.1. The molecule has 0 unspecified atom stereocenters. The van der Waals surface area contributed by atoms with Crippen molar-refractivity contribution in [1.29, 1.82) is 0 Å². The molecule has 1 aliphatic rings. The molecule has 0 bridgehead atoms. The normalized spacial score (nSPS) is 15.4. The quantitative estimate of drug-likeness (QED) is 0.665. The fourth-order valence-corrected chi connectivity index (χ4v) is 4.12. The maximum absolute atomic E-state index is 12.6. The fraction of sp³-hybridized carbons (Fsp3) is 0.500. The molecule has 3 rings (SSSR count). The minimum atomic E-state index is -3.39. The molecule has 2 aromatic rings. The Labute approximate surface area is 192 Å². The Balaban J connectivity index is 1.83. The molecule has 0 aliphatic carbocycles. The molecule has 2 heterocycles. The Morgan fingerprint density at radius 1 is 1.21 bits per heavy atom. The van der Waals surface area contributed by atoms with Crippen LogP contribution in [0.5, 0.6) is 5.75 Å². The van der Waals surface area contributed by atoms with E-state index in [1.54, 1.807) is 25.7 Å². The van der Waals surface area contributed by atoms with Gasteiger partial charge in [0.1, 0.15) is 17.4 Å². The van der Waals surface area contributed by atoms with Gasteiger partial charge in [-0.1, -0.05) is 12.1 Å². The van der Waals surface area contributed by atoms with Gasteiger partial charge in [-0.3, -0.25) is 4.79 Å². The van der Waals surface area contributed by atoms with Crippen LogP contribution in [0.4, 0.5) is 4.79 Å². The minimum Gasteiger partial charge on any atom is -0.487 e. The van der Waals surface area contributed by atoms with Crippen molar-refractivity contribution in [2.24, 2.45) is 0 Å². The summed E-state index contributed by atoms with van der Waals surface area (Å²) in [6.07, 6.45) is 1.41. The molecule has 1 fully saturated rings. The second kappa shape index (κ2) is 9.52. The summed E-state index contributed by atoms with van der Waals surface area (Å²) in [5.74, 6) is 0.143. The van der Waals surface area contributed by atoms with Crippen LogP contribution < -0.4 is 10.3 Å². The number of ether oxygens (including phenoxy) is 2. The summed E-state index contributed by atoms with van der Waals surface area (Å²) >= 11 is 0. The number of nitrogens with zero attached hydrogens (tertiary/aromatic N) is 2. The molecule has 10 nitrogen and oxygen atoms in total. The summed E-state index contributed by atoms with van der Waals surface area (Å²) in [6.45, 7) is 5.80. The van der Waals surface area contributed by atoms with Gasteiger partial charge in [0.2, 0.25) is 0 Å². The molecule has 1 aromatic carbocycles. The number of nitrogens with one attached hydrogen (secondary N) is 1. The largest absolute Gasteiger partial charge is 0.487 e. The van der Waals surface area contributed by atoms with Crippen molar-refractivity contribution in [3.05, 3.63) is 40.3 Å². The van der Waals surface area contributed by atoms with E-state index in [2.05, 4.69) is 10.2 Å². The highest BCUT2D eigenvalue weighted by atomic mass is 32.2. The summed E-state index contributed by atoms with van der Waals surface area (Å²) < 4.78 is 35.1. The van der Waals surface area contributed by atoms with Gasteiger partial charge in [-0.2, -0.15) is 5.10 Å². The highest BCUT2D eigenvalue weighted by Gasteiger charge is 2.29. The van der Waals surface area contributed by atoms with Gasteiger partial charge in [-0.05, 0) is 38.5 Å². The Hall–Kier alpha value is -2.92. The highest BCUT2D eigenvalue weighted by Crippen LogP contribution is 2.32. The van der Waals surface area contributed by atoms with Crippen LogP contribution in [0.15, 0.2) is 34.0 Å². The number of piperidine rings is 1. The first-order valence-electron chi connectivity index (χ1n) is 10.6. The van der Waals surface area contributed by atoms with Crippen molar-refractivity contribution in [2.75, 3.05) is 19.3 Å². The molecule has 33 heavy (non-hydrogen) atoms. The molecule has 1 saturated heterocycles. The molecule has 11 heteroatoms. The molecule has 0 spiro atoms. The summed E-state index contributed by atoms with van der Waals surface area (Å²) in [7, 11) is -3.39. The summed E-state index contributed by atoms with van der Waals surface area (Å²) in [5.41, 5.74) is -0.365. The van der Waals surface area contributed by atoms with E-state index in [0.717, 1.165) is 6.26 Å². The second-order valence-corrected chi connectivity index (χ2v) is 11.0. The number of carbonyl (C=O) groups is 1. The molecule has 1 amide bonds. The minimum absolute atomic E-state index is 0.121. The lowest BCUT2D eigenvalue weighted by Gasteiger charge is -2.33. The zero-order chi connectivity index (χ0) is 24.4. The van der Waals surface area contributed by atoms with Crippen molar-refractivity contribution >= 4 is 15.9 Å². The summed E-state index contributed by atoms with van der Waals surface area (Å²) in [4.78, 5) is 26.7. The molecule has 1 aromatic heterocycles. The molecular weight excluding hydrogens is 450 g/mol. The van der Waals surface area contributed by atoms with Crippen LogP contribution in [0.1, 0.15) is 39.3 Å². The standard InChI is InChI=1S/C22H29N3O7S/c1-22(2,3)32-21(28)25-11-9-15(10-12-25)31-19-17(13-26)23-24-20(27)18(19)14-5-7-16(8-6-14)33(4,29)30/h5-8,15,26H,9-13H2,1-4H3,(H,24,27). The number of aromatic nitrogens is 2. The molecule has 0 atom stereocenters. The van der Waals surface area contributed by atoms with Crippen molar-refractivity contribution < 1.29 is 27.8 Å². The van der Waals surface area contributed by atoms with E-state index in [1.165, 1.54) is 24.3 Å². The first-order valence-corrected chi connectivity index (χ1v) is 12.5. The lowest BCUT2D eigenvalue weighted by atomic mass is 10.0. The molecule has 180 valence electrons. The average Bonchev–Trinajstić information content (AvgIpc) is 2.73. The Kier molecular flexibility index (Phi) is 7.13. The first kappa shape index (κ1) is 24.7. The van der Waals surface area contributed by atoms with Gasteiger partial charge in [-0.25, -0.2) is 18.3 Å². The number of aliphatic hydroxyl groups excluding tert-OH is 1. The lowest BCUT2D eigenvalue weighted by Crippen LogP contribution is -2.44. The van der Waals surface area contributed by atoms with Crippen LogP contribution in [0.25, 0.3) is 11.1 Å². The number of aliphatic hydroxyl groups is 1. The van der Waals surface area contributed by atoms with Gasteiger partial charge in [-0.15, -0.1) is 0 Å². The SMILES string of the molecule is CC(C)(C)OC(=O)N1CCC(Oc2c(CO)n[nH]c(=O)c2-c2ccc(S(C)(=O)=O)cc2)CC1. The number of amides is 1. The summed E-state index contributed by atoms with van der Waals surface area (Å²) in [5, 5.41) is 16.0. The predicted octanol–water partition coefficient (Wildman–Crippen LogP) is 2.11. The Morgan fingerprint density at radius 3 is 2.33 bits per heavy atom. The number of H-pyrrole nitrogens is 1. The van der Waals surface area contributed by atoms with Crippen molar-refractivity contribution in [3.8, 4) is 16.9 Å². The van der Waals surface area contributed by atoms with E-state index in [4.69, 9.17) is 9.47 Å². The third kappa shape index (κ3) is 6.11. The number of hydrogen-bond acceptors (Lipinski definition) is 8. The molecule has 0 radical (unpaired) electrons. The van der Waals surface area contributed by atoms with Crippen LogP contribution in [0, 0.1) is 0 Å². The van der Waals surface area contributed by atoms with Crippen LogP contribution in [0.3, 0.4) is 0 Å². The second-order valence-electron chi connectivity index (χ2n) is 8.94. The fourth-order valence-electron chi connectivity index (χ4n) is 3.49. The average molecular weight is 480 g/mol. The van der Waals surface area contributed by atoms with E-state index in [-0.39, 0.29) is 34.1 Å². The van der Waals surface area contributed by atoms with Gasteiger partial charge in [0.05, 0.1) is 17.1 Å². The van der Waals surface area contributed by atoms with Gasteiger partial charge < -0.3 is 19.5 Å². The first-order chi connectivity index (χ1) is 15.4. The van der Waals surface area contributed by atoms with Crippen molar-refractivity contribution in [1.82, 2.24) is 15.1 Å². The number of aromatic amines is 1. The highest BCUT2D eigenvalue weighted by molar-refractivity contribution is 7.90. The maximum atomic E-state index is 12.6. The van der Waals surface area contributed by atoms with Crippen molar-refractivity contribution in [2.45, 2.75) is 56.8 Å². The van der Waals surface area contributed by atoms with Crippen LogP contribution in [0.2, 0.25) is 0 Å². The molecule has 0 saturated carbocycles. The van der Waals surface area contributed by atoms with E-state index in [1.807, 2.05) is 0 Å². The zero-order valence-corrected chi connectivity index (χ0v) is 19.9. The van der Waals surface area contributed by atoms with E-state index in [0.29, 0.717) is 31.5 Å². The topological polar surface area (TPSA) is 139 Å². The van der Waals surface area contributed by atoms with Gasteiger partial charge in [0.15, 0.2) is 15.6 Å². The third-order valence-corrected chi connectivity index (χ3v) is 6.24. The van der Waals surface area contributed by atoms with Gasteiger partial charge >= 0.3 is 6.09 Å². The molecular formula is C22H29N3O7S.